The van der Waals surface area contributed by atoms with E-state index in [0.29, 0.717) is 31.9 Å². The fraction of sp³-hybridized carbons (Fsp3) is 0.250. The molecule has 4 aromatic rings. The first-order valence-corrected chi connectivity index (χ1v) is 13.7. The minimum Gasteiger partial charge on any atom is -0.352 e. The Labute approximate surface area is 217 Å². The van der Waals surface area contributed by atoms with Crippen molar-refractivity contribution in [3.8, 4) is 11.3 Å². The van der Waals surface area contributed by atoms with Crippen molar-refractivity contribution in [2.45, 2.75) is 18.7 Å². The lowest BCUT2D eigenvalue weighted by molar-refractivity contribution is -0.118. The number of nitrogens with one attached hydrogen (secondary N) is 1. The second-order valence-electron chi connectivity index (χ2n) is 9.40. The van der Waals surface area contributed by atoms with Gasteiger partial charge in [-0.2, -0.15) is 4.31 Å². The number of rotatable bonds is 6. The molecule has 0 radical (unpaired) electrons. The van der Waals surface area contributed by atoms with Crippen LogP contribution in [-0.4, -0.2) is 55.0 Å². The van der Waals surface area contributed by atoms with E-state index in [0.717, 1.165) is 22.5 Å². The molecular weight excluding hydrogens is 486 g/mol. The molecule has 1 N–H and O–H groups in total. The third kappa shape index (κ3) is 5.33. The molecule has 1 aliphatic heterocycles. The Kier molecular flexibility index (Phi) is 6.90. The van der Waals surface area contributed by atoms with Gasteiger partial charge < -0.3 is 10.2 Å². The minimum absolute atomic E-state index is 0.111. The molecule has 3 aromatic carbocycles. The molecule has 2 heterocycles. The summed E-state index contributed by atoms with van der Waals surface area (Å²) in [7, 11) is -3.63. The summed E-state index contributed by atoms with van der Waals surface area (Å²) in [4.78, 5) is 14.1. The molecule has 37 heavy (non-hydrogen) atoms. The average Bonchev–Trinajstić information content (AvgIpc) is 2.93. The smallest absolute Gasteiger partial charge is 0.243 e. The van der Waals surface area contributed by atoms with Crippen molar-refractivity contribution in [3.05, 3.63) is 78.9 Å². The van der Waals surface area contributed by atoms with Crippen molar-refractivity contribution in [3.63, 3.8) is 0 Å². The van der Waals surface area contributed by atoms with Gasteiger partial charge in [-0.05, 0) is 53.2 Å². The first-order valence-electron chi connectivity index (χ1n) is 12.3. The van der Waals surface area contributed by atoms with Gasteiger partial charge in [0.1, 0.15) is 0 Å². The topological polar surface area (TPSA) is 95.5 Å². The van der Waals surface area contributed by atoms with Crippen LogP contribution in [0.4, 0.5) is 11.5 Å². The molecule has 0 atom stereocenters. The molecule has 1 aliphatic rings. The van der Waals surface area contributed by atoms with Gasteiger partial charge >= 0.3 is 0 Å². The van der Waals surface area contributed by atoms with Crippen molar-refractivity contribution in [1.82, 2.24) is 14.5 Å². The molecule has 1 aromatic heterocycles. The van der Waals surface area contributed by atoms with Crippen LogP contribution in [0, 0.1) is 5.92 Å². The van der Waals surface area contributed by atoms with E-state index in [9.17, 15) is 13.2 Å². The van der Waals surface area contributed by atoms with Crippen LogP contribution in [0.1, 0.15) is 13.8 Å². The summed E-state index contributed by atoms with van der Waals surface area (Å²) >= 11 is 0. The van der Waals surface area contributed by atoms with E-state index in [2.05, 4.69) is 39.8 Å². The molecule has 1 fully saturated rings. The zero-order chi connectivity index (χ0) is 26.0. The number of hydrogen-bond acceptors (Lipinski definition) is 6. The van der Waals surface area contributed by atoms with E-state index in [4.69, 9.17) is 0 Å². The highest BCUT2D eigenvalue weighted by Crippen LogP contribution is 2.25. The van der Waals surface area contributed by atoms with Gasteiger partial charge in [-0.25, -0.2) is 8.42 Å². The maximum atomic E-state index is 13.2. The number of carbonyl (C=O) groups is 1. The fourth-order valence-corrected chi connectivity index (χ4v) is 5.72. The second-order valence-corrected chi connectivity index (χ2v) is 11.3. The SMILES string of the molecule is CC(C)C(=O)Nc1ccc(S(=O)(=O)N2CCN(c3ccc(-c4ccc5ccccc5c4)nn3)CC2)cc1. The number of benzene rings is 3. The number of carbonyl (C=O) groups excluding carboxylic acids is 1. The van der Waals surface area contributed by atoms with E-state index >= 15 is 0 Å². The lowest BCUT2D eigenvalue weighted by Crippen LogP contribution is -2.49. The number of amides is 1. The highest BCUT2D eigenvalue weighted by Gasteiger charge is 2.29. The van der Waals surface area contributed by atoms with Crippen LogP contribution in [0.25, 0.3) is 22.0 Å². The van der Waals surface area contributed by atoms with Crippen LogP contribution < -0.4 is 10.2 Å². The van der Waals surface area contributed by atoms with Gasteiger partial charge in [-0.1, -0.05) is 50.2 Å². The van der Waals surface area contributed by atoms with Gasteiger partial charge in [0.2, 0.25) is 15.9 Å². The van der Waals surface area contributed by atoms with Crippen LogP contribution in [0.3, 0.4) is 0 Å². The van der Waals surface area contributed by atoms with Crippen LogP contribution in [-0.2, 0) is 14.8 Å². The summed E-state index contributed by atoms with van der Waals surface area (Å²) in [6, 6.07) is 24.6. The summed E-state index contributed by atoms with van der Waals surface area (Å²) in [5.74, 6) is 0.464. The fourth-order valence-electron chi connectivity index (χ4n) is 4.30. The molecule has 5 rings (SSSR count). The summed E-state index contributed by atoms with van der Waals surface area (Å²) in [6.45, 7) is 5.35. The zero-order valence-electron chi connectivity index (χ0n) is 20.8. The highest BCUT2D eigenvalue weighted by molar-refractivity contribution is 7.89. The minimum atomic E-state index is -3.63. The van der Waals surface area contributed by atoms with Crippen LogP contribution in [0.5, 0.6) is 0 Å². The Morgan fingerprint density at radius 2 is 1.54 bits per heavy atom. The lowest BCUT2D eigenvalue weighted by Gasteiger charge is -2.34. The van der Waals surface area contributed by atoms with Gasteiger partial charge in [-0.3, -0.25) is 4.79 Å². The Hall–Kier alpha value is -3.82. The first kappa shape index (κ1) is 24.9. The van der Waals surface area contributed by atoms with E-state index in [1.54, 1.807) is 26.0 Å². The van der Waals surface area contributed by atoms with E-state index in [1.807, 2.05) is 35.2 Å². The average molecular weight is 516 g/mol. The van der Waals surface area contributed by atoms with Crippen LogP contribution in [0.15, 0.2) is 83.8 Å². The van der Waals surface area contributed by atoms with E-state index < -0.39 is 10.0 Å². The lowest BCUT2D eigenvalue weighted by atomic mass is 10.1. The first-order chi connectivity index (χ1) is 17.8. The standard InChI is InChI=1S/C28H29N5O3S/c1-20(2)28(34)29-24-9-11-25(12-10-24)37(35,36)33-17-15-32(16-18-33)27-14-13-26(30-31-27)23-8-7-21-5-3-4-6-22(21)19-23/h3-14,19-20H,15-18H2,1-2H3,(H,29,34). The Bertz CT molecular complexity index is 1510. The van der Waals surface area contributed by atoms with E-state index in [1.165, 1.54) is 21.8 Å². The third-order valence-electron chi connectivity index (χ3n) is 6.54. The number of piperazine rings is 1. The molecule has 0 unspecified atom stereocenters. The molecule has 0 aliphatic carbocycles. The summed E-state index contributed by atoms with van der Waals surface area (Å²) in [6.07, 6.45) is 0. The second kappa shape index (κ2) is 10.3. The molecule has 9 heteroatoms. The van der Waals surface area contributed by atoms with Gasteiger partial charge in [-0.15, -0.1) is 10.2 Å². The van der Waals surface area contributed by atoms with Crippen molar-refractivity contribution < 1.29 is 13.2 Å². The Balaban J connectivity index is 1.22. The highest BCUT2D eigenvalue weighted by atomic mass is 32.2. The largest absolute Gasteiger partial charge is 0.352 e. The molecule has 1 amide bonds. The van der Waals surface area contributed by atoms with Crippen LogP contribution in [0.2, 0.25) is 0 Å². The molecular formula is C28H29N5O3S. The van der Waals surface area contributed by atoms with Crippen LogP contribution >= 0.6 is 0 Å². The third-order valence-corrected chi connectivity index (χ3v) is 8.46. The molecule has 0 spiro atoms. The molecule has 8 nitrogen and oxygen atoms in total. The number of fused-ring (bicyclic) bond motifs is 1. The molecule has 0 saturated carbocycles. The quantitative estimate of drug-likeness (QED) is 0.409. The van der Waals surface area contributed by atoms with E-state index in [-0.39, 0.29) is 16.7 Å². The number of nitrogens with zero attached hydrogens (tertiary/aromatic N) is 4. The normalized spacial score (nSPS) is 14.7. The Morgan fingerprint density at radius 3 is 2.19 bits per heavy atom. The monoisotopic (exact) mass is 515 g/mol. The van der Waals surface area contributed by atoms with Crippen molar-refractivity contribution in [2.75, 3.05) is 36.4 Å². The van der Waals surface area contributed by atoms with Crippen molar-refractivity contribution >= 4 is 38.2 Å². The summed E-state index contributed by atoms with van der Waals surface area (Å²) in [5, 5.41) is 14.0. The summed E-state index contributed by atoms with van der Waals surface area (Å²) in [5.41, 5.74) is 2.38. The van der Waals surface area contributed by atoms with Gasteiger partial charge in [0.15, 0.2) is 5.82 Å². The van der Waals surface area contributed by atoms with Crippen molar-refractivity contribution in [1.29, 1.82) is 0 Å². The molecule has 1 saturated heterocycles. The number of sulfonamides is 1. The molecule has 0 bridgehead atoms. The maximum Gasteiger partial charge on any atom is 0.243 e. The zero-order valence-corrected chi connectivity index (χ0v) is 21.6. The summed E-state index contributed by atoms with van der Waals surface area (Å²) < 4.78 is 27.8. The van der Waals surface area contributed by atoms with Gasteiger partial charge in [0.05, 0.1) is 10.6 Å². The number of anilines is 2. The maximum absolute atomic E-state index is 13.2. The number of hydrogen-bond donors (Lipinski definition) is 1. The predicted molar refractivity (Wildman–Crippen MR) is 146 cm³/mol. The number of aromatic nitrogens is 2. The molecule has 190 valence electrons. The van der Waals surface area contributed by atoms with Gasteiger partial charge in [0.25, 0.3) is 0 Å². The van der Waals surface area contributed by atoms with Crippen molar-refractivity contribution in [2.24, 2.45) is 5.92 Å². The predicted octanol–water partition coefficient (Wildman–Crippen LogP) is 4.40. The Morgan fingerprint density at radius 1 is 0.838 bits per heavy atom. The van der Waals surface area contributed by atoms with Gasteiger partial charge in [0, 0.05) is 43.3 Å².